The zero-order valence-electron chi connectivity index (χ0n) is 8.77. The summed E-state index contributed by atoms with van der Waals surface area (Å²) in [4.78, 5) is 18.0. The third-order valence-electron chi connectivity index (χ3n) is 2.01. The SMILES string of the molecule is N#Cc1[nH]cnc1NC(=O)Nc1ccccc1. The van der Waals surface area contributed by atoms with Crippen molar-refractivity contribution in [3.8, 4) is 6.07 Å². The van der Waals surface area contributed by atoms with Crippen molar-refractivity contribution in [2.24, 2.45) is 0 Å². The van der Waals surface area contributed by atoms with Crippen LogP contribution in [0.2, 0.25) is 0 Å². The number of para-hydroxylation sites is 1. The molecule has 0 atom stereocenters. The molecule has 0 aliphatic carbocycles. The molecule has 1 aromatic heterocycles. The van der Waals surface area contributed by atoms with Gasteiger partial charge in [-0.3, -0.25) is 5.32 Å². The minimum atomic E-state index is -0.445. The maximum atomic E-state index is 11.6. The lowest BCUT2D eigenvalue weighted by Gasteiger charge is -2.05. The van der Waals surface area contributed by atoms with Crippen LogP contribution in [0.5, 0.6) is 0 Å². The zero-order valence-corrected chi connectivity index (χ0v) is 8.77. The molecule has 2 aromatic rings. The highest BCUT2D eigenvalue weighted by Crippen LogP contribution is 2.09. The number of aromatic nitrogens is 2. The van der Waals surface area contributed by atoms with E-state index >= 15 is 0 Å². The van der Waals surface area contributed by atoms with Crippen LogP contribution in [0.1, 0.15) is 5.69 Å². The van der Waals surface area contributed by atoms with Gasteiger partial charge in [0.2, 0.25) is 0 Å². The normalized spacial score (nSPS) is 9.35. The van der Waals surface area contributed by atoms with E-state index in [1.165, 1.54) is 6.33 Å². The van der Waals surface area contributed by atoms with Gasteiger partial charge >= 0.3 is 6.03 Å². The number of benzene rings is 1. The molecule has 0 aliphatic heterocycles. The monoisotopic (exact) mass is 227 g/mol. The van der Waals surface area contributed by atoms with Gasteiger partial charge in [-0.25, -0.2) is 9.78 Å². The first kappa shape index (κ1) is 10.7. The summed E-state index contributed by atoms with van der Waals surface area (Å²) in [6.45, 7) is 0. The summed E-state index contributed by atoms with van der Waals surface area (Å²) in [6.07, 6.45) is 1.34. The Bertz CT molecular complexity index is 555. The van der Waals surface area contributed by atoms with Gasteiger partial charge in [-0.1, -0.05) is 18.2 Å². The topological polar surface area (TPSA) is 93.6 Å². The highest BCUT2D eigenvalue weighted by Gasteiger charge is 2.08. The second-order valence-electron chi connectivity index (χ2n) is 3.18. The average Bonchev–Trinajstić information content (AvgIpc) is 2.77. The van der Waals surface area contributed by atoms with Crippen LogP contribution in [0, 0.1) is 11.3 Å². The number of carbonyl (C=O) groups is 1. The van der Waals surface area contributed by atoms with Crippen LogP contribution in [-0.2, 0) is 0 Å². The molecule has 84 valence electrons. The van der Waals surface area contributed by atoms with Crippen LogP contribution in [0.15, 0.2) is 36.7 Å². The molecule has 6 heteroatoms. The lowest BCUT2D eigenvalue weighted by Crippen LogP contribution is -2.20. The standard InChI is InChI=1S/C11H9N5O/c12-6-9-10(14-7-13-9)16-11(17)15-8-4-2-1-3-5-8/h1-5,7H,(H,13,14)(H2,15,16,17). The van der Waals surface area contributed by atoms with E-state index in [4.69, 9.17) is 5.26 Å². The van der Waals surface area contributed by atoms with Crippen molar-refractivity contribution in [2.75, 3.05) is 10.6 Å². The number of nitriles is 1. The minimum absolute atomic E-state index is 0.209. The second kappa shape index (κ2) is 4.81. The maximum Gasteiger partial charge on any atom is 0.324 e. The Labute approximate surface area is 97.3 Å². The molecule has 17 heavy (non-hydrogen) atoms. The number of aromatic amines is 1. The Balaban J connectivity index is 2.01. The molecule has 0 bridgehead atoms. The fourth-order valence-electron chi connectivity index (χ4n) is 1.27. The van der Waals surface area contributed by atoms with Crippen LogP contribution in [0.25, 0.3) is 0 Å². The summed E-state index contributed by atoms with van der Waals surface area (Å²) < 4.78 is 0. The van der Waals surface area contributed by atoms with E-state index < -0.39 is 6.03 Å². The Morgan fingerprint density at radius 2 is 2.06 bits per heavy atom. The number of carbonyl (C=O) groups excluding carboxylic acids is 1. The Morgan fingerprint density at radius 3 is 2.76 bits per heavy atom. The quantitative estimate of drug-likeness (QED) is 0.731. The van der Waals surface area contributed by atoms with Crippen molar-refractivity contribution in [1.82, 2.24) is 9.97 Å². The summed E-state index contributed by atoms with van der Waals surface area (Å²) in [6, 6.07) is 10.4. The largest absolute Gasteiger partial charge is 0.335 e. The van der Waals surface area contributed by atoms with Crippen molar-refractivity contribution in [2.45, 2.75) is 0 Å². The van der Waals surface area contributed by atoms with Crippen LogP contribution in [-0.4, -0.2) is 16.0 Å². The summed E-state index contributed by atoms with van der Waals surface area (Å²) in [5, 5.41) is 13.8. The van der Waals surface area contributed by atoms with Crippen LogP contribution in [0.4, 0.5) is 16.3 Å². The number of hydrogen-bond acceptors (Lipinski definition) is 3. The third-order valence-corrected chi connectivity index (χ3v) is 2.01. The summed E-state index contributed by atoms with van der Waals surface area (Å²) >= 11 is 0. The molecule has 6 nitrogen and oxygen atoms in total. The summed E-state index contributed by atoms with van der Waals surface area (Å²) in [7, 11) is 0. The van der Waals surface area contributed by atoms with E-state index in [9.17, 15) is 4.79 Å². The second-order valence-corrected chi connectivity index (χ2v) is 3.18. The first-order valence-electron chi connectivity index (χ1n) is 4.86. The van der Waals surface area contributed by atoms with Gasteiger partial charge in [-0.2, -0.15) is 5.26 Å². The van der Waals surface area contributed by atoms with E-state index in [-0.39, 0.29) is 11.5 Å². The number of nitrogens with zero attached hydrogens (tertiary/aromatic N) is 2. The van der Waals surface area contributed by atoms with Crippen molar-refractivity contribution < 1.29 is 4.79 Å². The highest BCUT2D eigenvalue weighted by molar-refractivity contribution is 5.99. The molecular weight excluding hydrogens is 218 g/mol. The number of rotatable bonds is 2. The number of urea groups is 1. The Morgan fingerprint density at radius 1 is 1.29 bits per heavy atom. The molecule has 0 fully saturated rings. The van der Waals surface area contributed by atoms with Gasteiger partial charge in [-0.15, -0.1) is 0 Å². The number of hydrogen-bond donors (Lipinski definition) is 3. The van der Waals surface area contributed by atoms with Gasteiger partial charge in [0, 0.05) is 5.69 Å². The minimum Gasteiger partial charge on any atom is -0.335 e. The van der Waals surface area contributed by atoms with E-state index in [0.717, 1.165) is 0 Å². The zero-order chi connectivity index (χ0) is 12.1. The molecular formula is C11H9N5O. The van der Waals surface area contributed by atoms with Crippen molar-refractivity contribution in [3.63, 3.8) is 0 Å². The molecule has 2 rings (SSSR count). The van der Waals surface area contributed by atoms with Crippen LogP contribution < -0.4 is 10.6 Å². The third kappa shape index (κ3) is 2.60. The molecule has 0 saturated carbocycles. The Hall–Kier alpha value is -2.81. The van der Waals surface area contributed by atoms with Gasteiger partial charge in [0.1, 0.15) is 6.07 Å². The van der Waals surface area contributed by atoms with Gasteiger partial charge in [-0.05, 0) is 12.1 Å². The van der Waals surface area contributed by atoms with Gasteiger partial charge in [0.25, 0.3) is 0 Å². The Kier molecular flexibility index (Phi) is 3.03. The summed E-state index contributed by atoms with van der Waals surface area (Å²) in [5.41, 5.74) is 0.882. The number of anilines is 2. The van der Waals surface area contributed by atoms with Gasteiger partial charge in [0.15, 0.2) is 11.5 Å². The molecule has 0 radical (unpaired) electrons. The van der Waals surface area contributed by atoms with Gasteiger partial charge in [0.05, 0.1) is 6.33 Å². The van der Waals surface area contributed by atoms with E-state index in [1.807, 2.05) is 24.3 Å². The van der Waals surface area contributed by atoms with Crippen LogP contribution in [0.3, 0.4) is 0 Å². The van der Waals surface area contributed by atoms with E-state index in [2.05, 4.69) is 20.6 Å². The first-order valence-corrected chi connectivity index (χ1v) is 4.86. The number of amides is 2. The molecule has 0 aliphatic rings. The number of H-pyrrole nitrogens is 1. The van der Waals surface area contributed by atoms with E-state index in [0.29, 0.717) is 5.69 Å². The molecule has 2 amide bonds. The molecule has 0 spiro atoms. The molecule has 1 aromatic carbocycles. The molecule has 1 heterocycles. The lowest BCUT2D eigenvalue weighted by atomic mass is 10.3. The summed E-state index contributed by atoms with van der Waals surface area (Å²) in [5.74, 6) is 0.209. The molecule has 3 N–H and O–H groups in total. The van der Waals surface area contributed by atoms with Crippen molar-refractivity contribution >= 4 is 17.5 Å². The van der Waals surface area contributed by atoms with Crippen molar-refractivity contribution in [1.29, 1.82) is 5.26 Å². The maximum absolute atomic E-state index is 11.6. The first-order chi connectivity index (χ1) is 8.29. The predicted molar refractivity (Wildman–Crippen MR) is 62.4 cm³/mol. The molecule has 0 saturated heterocycles. The fraction of sp³-hybridized carbons (Fsp3) is 0. The average molecular weight is 227 g/mol. The van der Waals surface area contributed by atoms with Gasteiger partial charge < -0.3 is 10.3 Å². The lowest BCUT2D eigenvalue weighted by molar-refractivity contribution is 0.262. The van der Waals surface area contributed by atoms with Crippen molar-refractivity contribution in [3.05, 3.63) is 42.4 Å². The molecule has 0 unspecified atom stereocenters. The smallest absolute Gasteiger partial charge is 0.324 e. The number of imidazole rings is 1. The van der Waals surface area contributed by atoms with E-state index in [1.54, 1.807) is 12.1 Å². The highest BCUT2D eigenvalue weighted by atomic mass is 16.2. The fourth-order valence-corrected chi connectivity index (χ4v) is 1.27. The number of nitrogens with one attached hydrogen (secondary N) is 3. The predicted octanol–water partition coefficient (Wildman–Crippen LogP) is 1.93. The van der Waals surface area contributed by atoms with Crippen LogP contribution >= 0.6 is 0 Å².